The number of hydrogen-bond acceptors (Lipinski definition) is 4. The van der Waals surface area contributed by atoms with Crippen LogP contribution in [0.2, 0.25) is 0 Å². The van der Waals surface area contributed by atoms with Crippen molar-refractivity contribution in [3.63, 3.8) is 0 Å². The molecule has 0 spiro atoms. The van der Waals surface area contributed by atoms with Crippen LogP contribution in [-0.4, -0.2) is 27.2 Å². The van der Waals surface area contributed by atoms with Gasteiger partial charge in [-0.1, -0.05) is 35.5 Å². The summed E-state index contributed by atoms with van der Waals surface area (Å²) in [4.78, 5) is 16.5. The lowest BCUT2D eigenvalue weighted by molar-refractivity contribution is -0.120. The highest BCUT2D eigenvalue weighted by molar-refractivity contribution is 5.78. The second-order valence-electron chi connectivity index (χ2n) is 6.04. The van der Waals surface area contributed by atoms with Crippen LogP contribution < -0.4 is 5.32 Å². The van der Waals surface area contributed by atoms with Crippen molar-refractivity contribution in [2.75, 3.05) is 6.54 Å². The lowest BCUT2D eigenvalue weighted by atomic mass is 10.1. The molecule has 2 heterocycles. The maximum Gasteiger partial charge on any atom is 0.224 e. The zero-order valence-corrected chi connectivity index (χ0v) is 14.5. The molecule has 1 aromatic carbocycles. The van der Waals surface area contributed by atoms with E-state index >= 15 is 0 Å². The van der Waals surface area contributed by atoms with E-state index in [1.165, 1.54) is 5.56 Å². The van der Waals surface area contributed by atoms with E-state index in [2.05, 4.69) is 32.2 Å². The van der Waals surface area contributed by atoms with Crippen molar-refractivity contribution in [1.29, 1.82) is 0 Å². The van der Waals surface area contributed by atoms with Gasteiger partial charge < -0.3 is 14.4 Å². The van der Waals surface area contributed by atoms with Gasteiger partial charge in [-0.05, 0) is 19.4 Å². The molecular formula is C19H22N4O2. The van der Waals surface area contributed by atoms with Gasteiger partial charge in [0, 0.05) is 37.5 Å². The summed E-state index contributed by atoms with van der Waals surface area (Å²) in [6.45, 7) is 5.00. The molecule has 3 rings (SSSR count). The minimum Gasteiger partial charge on any atom is -0.361 e. The maximum absolute atomic E-state index is 12.1. The predicted molar refractivity (Wildman–Crippen MR) is 94.2 cm³/mol. The molecule has 6 nitrogen and oxygen atoms in total. The Bertz CT molecular complexity index is 817. The highest BCUT2D eigenvalue weighted by atomic mass is 16.5. The number of amides is 1. The first-order chi connectivity index (χ1) is 12.1. The molecule has 0 bridgehead atoms. The van der Waals surface area contributed by atoms with Crippen molar-refractivity contribution < 1.29 is 9.32 Å². The molecule has 0 saturated heterocycles. The topological polar surface area (TPSA) is 73.0 Å². The van der Waals surface area contributed by atoms with Gasteiger partial charge in [-0.15, -0.1) is 0 Å². The second kappa shape index (κ2) is 7.79. The first-order valence-corrected chi connectivity index (χ1v) is 8.36. The molecule has 0 aliphatic rings. The lowest BCUT2D eigenvalue weighted by Gasteiger charge is -2.09. The Hall–Kier alpha value is -2.89. The summed E-state index contributed by atoms with van der Waals surface area (Å²) < 4.78 is 7.20. The molecule has 0 unspecified atom stereocenters. The molecule has 3 aromatic rings. The van der Waals surface area contributed by atoms with Gasteiger partial charge in [-0.3, -0.25) is 4.79 Å². The molecule has 0 fully saturated rings. The summed E-state index contributed by atoms with van der Waals surface area (Å²) in [7, 11) is 0. The number of aryl methyl sites for hydroxylation is 2. The van der Waals surface area contributed by atoms with Gasteiger partial charge in [-0.2, -0.15) is 0 Å². The van der Waals surface area contributed by atoms with Crippen LogP contribution in [0.3, 0.4) is 0 Å². The van der Waals surface area contributed by atoms with Crippen LogP contribution in [0.5, 0.6) is 0 Å². The minimum absolute atomic E-state index is 0.0319. The summed E-state index contributed by atoms with van der Waals surface area (Å²) >= 11 is 0. The molecule has 1 amide bonds. The van der Waals surface area contributed by atoms with Crippen LogP contribution in [0.1, 0.15) is 28.4 Å². The van der Waals surface area contributed by atoms with E-state index in [9.17, 15) is 4.79 Å². The van der Waals surface area contributed by atoms with Gasteiger partial charge in [0.1, 0.15) is 11.6 Å². The molecule has 0 atom stereocenters. The predicted octanol–water partition coefficient (Wildman–Crippen LogP) is 2.44. The maximum atomic E-state index is 12.1. The van der Waals surface area contributed by atoms with Gasteiger partial charge in [0.25, 0.3) is 0 Å². The van der Waals surface area contributed by atoms with Crippen LogP contribution in [0.4, 0.5) is 0 Å². The summed E-state index contributed by atoms with van der Waals surface area (Å²) in [5, 5.41) is 6.82. The van der Waals surface area contributed by atoms with Crippen LogP contribution in [0, 0.1) is 13.8 Å². The van der Waals surface area contributed by atoms with Crippen molar-refractivity contribution in [3.05, 3.63) is 71.1 Å². The SMILES string of the molecule is Cc1noc(C)c1CC(=O)NCCc1nccn1Cc1ccccc1. The monoisotopic (exact) mass is 338 g/mol. The van der Waals surface area contributed by atoms with Gasteiger partial charge in [0.2, 0.25) is 5.91 Å². The zero-order valence-electron chi connectivity index (χ0n) is 14.5. The van der Waals surface area contributed by atoms with E-state index in [0.29, 0.717) is 25.1 Å². The number of hydrogen-bond donors (Lipinski definition) is 1. The average Bonchev–Trinajstić information content (AvgIpc) is 3.17. The van der Waals surface area contributed by atoms with Crippen LogP contribution >= 0.6 is 0 Å². The Morgan fingerprint density at radius 2 is 2.04 bits per heavy atom. The fourth-order valence-electron chi connectivity index (χ4n) is 2.78. The normalized spacial score (nSPS) is 10.8. The summed E-state index contributed by atoms with van der Waals surface area (Å²) in [6, 6.07) is 10.2. The van der Waals surface area contributed by atoms with E-state index in [1.807, 2.05) is 38.2 Å². The van der Waals surface area contributed by atoms with E-state index in [1.54, 1.807) is 6.20 Å². The smallest absolute Gasteiger partial charge is 0.224 e. The zero-order chi connectivity index (χ0) is 17.6. The van der Waals surface area contributed by atoms with Crippen molar-refractivity contribution in [1.82, 2.24) is 20.0 Å². The van der Waals surface area contributed by atoms with Gasteiger partial charge >= 0.3 is 0 Å². The summed E-state index contributed by atoms with van der Waals surface area (Å²) in [5.74, 6) is 1.63. The number of rotatable bonds is 7. The first-order valence-electron chi connectivity index (χ1n) is 8.36. The number of nitrogens with zero attached hydrogens (tertiary/aromatic N) is 3. The van der Waals surface area contributed by atoms with Crippen molar-refractivity contribution in [2.45, 2.75) is 33.2 Å². The lowest BCUT2D eigenvalue weighted by Crippen LogP contribution is -2.28. The van der Waals surface area contributed by atoms with Gasteiger partial charge in [0.05, 0.1) is 12.1 Å². The first kappa shape index (κ1) is 17.0. The van der Waals surface area contributed by atoms with Crippen molar-refractivity contribution in [2.24, 2.45) is 0 Å². The standard InChI is InChI=1S/C19H22N4O2/c1-14-17(15(2)25-22-14)12-19(24)21-9-8-18-20-10-11-23(18)13-16-6-4-3-5-7-16/h3-7,10-11H,8-9,12-13H2,1-2H3,(H,21,24). The Balaban J connectivity index is 1.51. The van der Waals surface area contributed by atoms with Crippen LogP contribution in [0.15, 0.2) is 47.2 Å². The third-order valence-corrected chi connectivity index (χ3v) is 4.19. The largest absolute Gasteiger partial charge is 0.361 e. The Morgan fingerprint density at radius 1 is 1.24 bits per heavy atom. The fourth-order valence-corrected chi connectivity index (χ4v) is 2.78. The summed E-state index contributed by atoms with van der Waals surface area (Å²) in [5.41, 5.74) is 2.86. The third kappa shape index (κ3) is 4.35. The van der Waals surface area contributed by atoms with Gasteiger partial charge in [-0.25, -0.2) is 4.98 Å². The second-order valence-corrected chi connectivity index (χ2v) is 6.04. The van der Waals surface area contributed by atoms with Crippen molar-refractivity contribution >= 4 is 5.91 Å². The quantitative estimate of drug-likeness (QED) is 0.718. The van der Waals surface area contributed by atoms with E-state index in [4.69, 9.17) is 4.52 Å². The molecule has 6 heteroatoms. The molecule has 0 aliphatic heterocycles. The van der Waals surface area contributed by atoms with Crippen molar-refractivity contribution in [3.8, 4) is 0 Å². The van der Waals surface area contributed by atoms with Gasteiger partial charge in [0.15, 0.2) is 0 Å². The summed E-state index contributed by atoms with van der Waals surface area (Å²) in [6.07, 6.45) is 4.74. The van der Waals surface area contributed by atoms with Crippen LogP contribution in [-0.2, 0) is 24.2 Å². The van der Waals surface area contributed by atoms with E-state index in [0.717, 1.165) is 23.6 Å². The number of imidazole rings is 1. The van der Waals surface area contributed by atoms with E-state index < -0.39 is 0 Å². The number of nitrogens with one attached hydrogen (secondary N) is 1. The Labute approximate surface area is 146 Å². The fraction of sp³-hybridized carbons (Fsp3) is 0.316. The highest BCUT2D eigenvalue weighted by Gasteiger charge is 2.13. The molecule has 0 saturated carbocycles. The third-order valence-electron chi connectivity index (χ3n) is 4.19. The minimum atomic E-state index is -0.0319. The number of carbonyl (C=O) groups excluding carboxylic acids is 1. The number of carbonyl (C=O) groups is 1. The molecule has 130 valence electrons. The van der Waals surface area contributed by atoms with E-state index in [-0.39, 0.29) is 5.91 Å². The Morgan fingerprint density at radius 3 is 2.76 bits per heavy atom. The van der Waals surface area contributed by atoms with Crippen LogP contribution in [0.25, 0.3) is 0 Å². The molecule has 1 N–H and O–H groups in total. The Kier molecular flexibility index (Phi) is 5.28. The molecular weight excluding hydrogens is 316 g/mol. The highest BCUT2D eigenvalue weighted by Crippen LogP contribution is 2.12. The molecule has 0 aliphatic carbocycles. The molecule has 0 radical (unpaired) electrons. The molecule has 2 aromatic heterocycles. The molecule has 25 heavy (non-hydrogen) atoms. The number of aromatic nitrogens is 3. The average molecular weight is 338 g/mol. The number of benzene rings is 1.